The molecule has 2 aliphatic rings. The van der Waals surface area contributed by atoms with E-state index in [9.17, 15) is 0 Å². The van der Waals surface area contributed by atoms with Gasteiger partial charge in [-0.1, -0.05) is 24.6 Å². The van der Waals surface area contributed by atoms with E-state index in [1.807, 2.05) is 0 Å². The number of rotatable bonds is 8. The van der Waals surface area contributed by atoms with E-state index >= 15 is 0 Å². The summed E-state index contributed by atoms with van der Waals surface area (Å²) in [6.07, 6.45) is 7.51. The molecule has 0 amide bonds. The molecule has 1 aliphatic heterocycles. The van der Waals surface area contributed by atoms with Crippen LogP contribution >= 0.6 is 0 Å². The lowest BCUT2D eigenvalue weighted by Gasteiger charge is -2.38. The van der Waals surface area contributed by atoms with Crippen LogP contribution in [0.15, 0.2) is 54.6 Å². The zero-order valence-electron chi connectivity index (χ0n) is 22.8. The van der Waals surface area contributed by atoms with Gasteiger partial charge in [0.05, 0.1) is 11.2 Å². The van der Waals surface area contributed by atoms with Gasteiger partial charge in [0.25, 0.3) is 0 Å². The first-order valence-corrected chi connectivity index (χ1v) is 14.4. The lowest BCUT2D eigenvalue weighted by Crippen LogP contribution is -2.45. The molecule has 0 radical (unpaired) electrons. The molecule has 0 spiro atoms. The highest BCUT2D eigenvalue weighted by Crippen LogP contribution is 2.34. The van der Waals surface area contributed by atoms with Gasteiger partial charge in [-0.15, -0.1) is 0 Å². The average Bonchev–Trinajstić information content (AvgIpc) is 3.46. The summed E-state index contributed by atoms with van der Waals surface area (Å²) in [7, 11) is 0. The minimum absolute atomic E-state index is 0.641. The largest absolute Gasteiger partial charge is 0.492 e. The van der Waals surface area contributed by atoms with Crippen molar-refractivity contribution in [1.82, 2.24) is 30.3 Å². The summed E-state index contributed by atoms with van der Waals surface area (Å²) in [6.45, 7) is 6.37. The maximum absolute atomic E-state index is 6.18. The van der Waals surface area contributed by atoms with Crippen LogP contribution in [0.25, 0.3) is 44.3 Å². The number of ether oxygens (including phenoxy) is 1. The predicted molar refractivity (Wildman–Crippen MR) is 156 cm³/mol. The van der Waals surface area contributed by atoms with Crippen LogP contribution in [0, 0.1) is 5.92 Å². The van der Waals surface area contributed by atoms with Crippen molar-refractivity contribution in [3.8, 4) is 28.4 Å². The van der Waals surface area contributed by atoms with Gasteiger partial charge in [0, 0.05) is 41.6 Å². The predicted octanol–water partition coefficient (Wildman–Crippen LogP) is 6.76. The summed E-state index contributed by atoms with van der Waals surface area (Å²) in [5.41, 5.74) is 4.02. The van der Waals surface area contributed by atoms with E-state index < -0.39 is 0 Å². The summed E-state index contributed by atoms with van der Waals surface area (Å²) in [6, 6.07) is 20.4. The summed E-state index contributed by atoms with van der Waals surface area (Å²) in [5.74, 6) is 3.43. The van der Waals surface area contributed by atoms with Gasteiger partial charge in [-0.2, -0.15) is 10.2 Å². The van der Waals surface area contributed by atoms with E-state index in [4.69, 9.17) is 9.72 Å². The van der Waals surface area contributed by atoms with E-state index in [1.165, 1.54) is 42.9 Å². The van der Waals surface area contributed by atoms with Crippen molar-refractivity contribution in [2.75, 3.05) is 13.2 Å². The zero-order valence-corrected chi connectivity index (χ0v) is 22.8. The molecule has 2 fully saturated rings. The van der Waals surface area contributed by atoms with Crippen molar-refractivity contribution in [2.24, 2.45) is 5.92 Å². The van der Waals surface area contributed by atoms with E-state index in [1.54, 1.807) is 0 Å². The Bertz CT molecular complexity index is 1610. The second-order valence-electron chi connectivity index (χ2n) is 11.5. The number of likely N-dealkylation sites (tertiary alicyclic amines) is 1. The highest BCUT2D eigenvalue weighted by Gasteiger charge is 2.24. The van der Waals surface area contributed by atoms with Crippen LogP contribution in [-0.2, 0) is 6.42 Å². The molecule has 2 aromatic heterocycles. The van der Waals surface area contributed by atoms with Gasteiger partial charge in [-0.05, 0) is 92.6 Å². The number of aromatic nitrogens is 5. The van der Waals surface area contributed by atoms with Crippen molar-refractivity contribution in [3.63, 3.8) is 0 Å². The number of hydrogen-bond acceptors (Lipinski definition) is 5. The van der Waals surface area contributed by atoms with Gasteiger partial charge in [0.1, 0.15) is 18.2 Å². The lowest BCUT2D eigenvalue weighted by atomic mass is 9.98. The highest BCUT2D eigenvalue weighted by molar-refractivity contribution is 5.97. The van der Waals surface area contributed by atoms with E-state index in [2.05, 4.69) is 93.7 Å². The highest BCUT2D eigenvalue weighted by atomic mass is 16.5. The third-order valence-electron chi connectivity index (χ3n) is 8.61. The second-order valence-corrected chi connectivity index (χ2v) is 11.5. The Morgan fingerprint density at radius 1 is 0.846 bits per heavy atom. The number of H-pyrrole nitrogens is 2. The molecule has 7 heteroatoms. The van der Waals surface area contributed by atoms with Crippen molar-refractivity contribution in [2.45, 2.75) is 64.5 Å². The first kappa shape index (κ1) is 24.3. The molecule has 1 saturated carbocycles. The minimum atomic E-state index is 0.641. The smallest absolute Gasteiger partial charge is 0.181 e. The van der Waals surface area contributed by atoms with Gasteiger partial charge in [-0.3, -0.25) is 15.1 Å². The zero-order chi connectivity index (χ0) is 26.3. The van der Waals surface area contributed by atoms with Crippen molar-refractivity contribution in [3.05, 3.63) is 60.4 Å². The Morgan fingerprint density at radius 2 is 1.64 bits per heavy atom. The van der Waals surface area contributed by atoms with Crippen molar-refractivity contribution < 1.29 is 4.74 Å². The number of aromatic amines is 2. The Hall–Kier alpha value is -3.71. The Labute approximate surface area is 229 Å². The molecule has 0 unspecified atom stereocenters. The molecule has 7 nitrogen and oxygen atoms in total. The van der Waals surface area contributed by atoms with Crippen LogP contribution < -0.4 is 4.74 Å². The summed E-state index contributed by atoms with van der Waals surface area (Å²) in [4.78, 5) is 7.34. The molecule has 5 aromatic rings. The fraction of sp³-hybridized carbons (Fsp3) is 0.406. The third-order valence-corrected chi connectivity index (χ3v) is 8.61. The Morgan fingerprint density at radius 3 is 2.49 bits per heavy atom. The van der Waals surface area contributed by atoms with Gasteiger partial charge < -0.3 is 4.74 Å². The van der Waals surface area contributed by atoms with Crippen molar-refractivity contribution in [1.29, 1.82) is 0 Å². The fourth-order valence-corrected chi connectivity index (χ4v) is 6.13. The first-order valence-electron chi connectivity index (χ1n) is 14.4. The number of nitrogens with zero attached hydrogens (tertiary/aromatic N) is 4. The van der Waals surface area contributed by atoms with Gasteiger partial charge in [0.15, 0.2) is 5.82 Å². The molecule has 0 bridgehead atoms. The molecule has 3 aromatic carbocycles. The quantitative estimate of drug-likeness (QED) is 0.236. The third kappa shape index (κ3) is 5.03. The van der Waals surface area contributed by atoms with Crippen LogP contribution in [-0.4, -0.2) is 55.5 Å². The Kier molecular flexibility index (Phi) is 6.31. The normalized spacial score (nSPS) is 20.2. The van der Waals surface area contributed by atoms with E-state index in [0.29, 0.717) is 18.7 Å². The molecule has 1 saturated heterocycles. The molecular formula is C32H36N6O. The number of nitrogens with one attached hydrogen (secondary N) is 2. The SMILES string of the molecule is C[C@@H]1CCC[C@H](C)N1CCOc1ccc2cc(-c3n[nH]c4ccc(-c5n[nH]c(CC6CC6)n5)cc34)ccc2c1. The number of piperidine rings is 1. The van der Waals surface area contributed by atoms with Crippen LogP contribution in [0.4, 0.5) is 0 Å². The fourth-order valence-electron chi connectivity index (χ4n) is 6.13. The molecule has 39 heavy (non-hydrogen) atoms. The van der Waals surface area contributed by atoms with E-state index in [-0.39, 0.29) is 0 Å². The second kappa shape index (κ2) is 10.1. The van der Waals surface area contributed by atoms with Crippen LogP contribution in [0.3, 0.4) is 0 Å². The van der Waals surface area contributed by atoms with Crippen LogP contribution in [0.5, 0.6) is 5.75 Å². The first-order chi connectivity index (χ1) is 19.1. The van der Waals surface area contributed by atoms with Gasteiger partial charge in [0.2, 0.25) is 0 Å². The maximum Gasteiger partial charge on any atom is 0.181 e. The lowest BCUT2D eigenvalue weighted by molar-refractivity contribution is 0.0852. The number of benzene rings is 3. The molecule has 2 N–H and O–H groups in total. The summed E-state index contributed by atoms with van der Waals surface area (Å²) < 4.78 is 6.18. The van der Waals surface area contributed by atoms with E-state index in [0.717, 1.165) is 64.0 Å². The standard InChI is InChI=1S/C32H36N6O/c1-20-4-3-5-21(2)38(20)14-15-39-27-12-10-23-17-25(9-8-24(23)18-27)31-28-19-26(11-13-29(28)34-36-31)32-33-30(35-37-32)16-22-6-7-22/h8-13,17-22H,3-7,14-16H2,1-2H3,(H,34,36)(H,33,35,37)/t20-,21+. The molecule has 2 atom stereocenters. The topological polar surface area (TPSA) is 82.7 Å². The molecule has 3 heterocycles. The molecular weight excluding hydrogens is 484 g/mol. The summed E-state index contributed by atoms with van der Waals surface area (Å²) in [5, 5.41) is 18.9. The average molecular weight is 521 g/mol. The monoisotopic (exact) mass is 520 g/mol. The van der Waals surface area contributed by atoms with Crippen LogP contribution in [0.1, 0.15) is 51.8 Å². The molecule has 200 valence electrons. The van der Waals surface area contributed by atoms with Gasteiger partial charge in [-0.25, -0.2) is 4.98 Å². The molecule has 1 aliphatic carbocycles. The Balaban J connectivity index is 1.09. The maximum atomic E-state index is 6.18. The van der Waals surface area contributed by atoms with Gasteiger partial charge >= 0.3 is 0 Å². The molecule has 7 rings (SSSR count). The summed E-state index contributed by atoms with van der Waals surface area (Å²) >= 11 is 0. The van der Waals surface area contributed by atoms with Crippen molar-refractivity contribution >= 4 is 21.7 Å². The van der Waals surface area contributed by atoms with Crippen LogP contribution in [0.2, 0.25) is 0 Å². The minimum Gasteiger partial charge on any atom is -0.492 e. The number of hydrogen-bond donors (Lipinski definition) is 2. The number of fused-ring (bicyclic) bond motifs is 2.